The molecule has 0 N–H and O–H groups in total. The summed E-state index contributed by atoms with van der Waals surface area (Å²) >= 11 is 1.64. The van der Waals surface area contributed by atoms with Gasteiger partial charge >= 0.3 is 0 Å². The molecule has 0 spiro atoms. The largest absolute Gasteiger partial charge is 0.338 e. The third-order valence-corrected chi connectivity index (χ3v) is 5.28. The minimum Gasteiger partial charge on any atom is -0.338 e. The summed E-state index contributed by atoms with van der Waals surface area (Å²) in [5.41, 5.74) is 1.00. The molecule has 4 heterocycles. The summed E-state index contributed by atoms with van der Waals surface area (Å²) < 4.78 is 7.50. The van der Waals surface area contributed by atoms with Gasteiger partial charge < -0.3 is 9.09 Å². The highest BCUT2D eigenvalue weighted by molar-refractivity contribution is 7.08. The first-order valence-corrected chi connectivity index (χ1v) is 9.26. The van der Waals surface area contributed by atoms with E-state index < -0.39 is 0 Å². The molecule has 1 aliphatic heterocycles. The van der Waals surface area contributed by atoms with Crippen LogP contribution in [0.4, 0.5) is 0 Å². The smallest absolute Gasteiger partial charge is 0.258 e. The fourth-order valence-corrected chi connectivity index (χ4v) is 3.96. The van der Waals surface area contributed by atoms with E-state index in [2.05, 4.69) is 31.6 Å². The monoisotopic (exact) mass is 343 g/mol. The van der Waals surface area contributed by atoms with E-state index in [0.717, 1.165) is 37.4 Å². The first-order chi connectivity index (χ1) is 11.8. The molecule has 3 aromatic heterocycles. The Morgan fingerprint density at radius 3 is 3.17 bits per heavy atom. The van der Waals surface area contributed by atoms with Crippen LogP contribution in [0.1, 0.15) is 24.5 Å². The minimum absolute atomic E-state index is 0.618. The van der Waals surface area contributed by atoms with Crippen LogP contribution in [0, 0.1) is 5.92 Å². The van der Waals surface area contributed by atoms with Gasteiger partial charge in [-0.2, -0.15) is 16.3 Å². The normalized spacial score (nSPS) is 19.0. The van der Waals surface area contributed by atoms with Crippen molar-refractivity contribution in [2.75, 3.05) is 13.1 Å². The van der Waals surface area contributed by atoms with Crippen molar-refractivity contribution in [3.05, 3.63) is 40.9 Å². The number of aromatic nitrogens is 4. The van der Waals surface area contributed by atoms with Gasteiger partial charge in [-0.3, -0.25) is 4.90 Å². The highest BCUT2D eigenvalue weighted by Gasteiger charge is 2.23. The Morgan fingerprint density at radius 1 is 1.42 bits per heavy atom. The van der Waals surface area contributed by atoms with E-state index in [1.807, 2.05) is 29.2 Å². The molecular formula is C17H21N5OS. The lowest BCUT2D eigenvalue weighted by molar-refractivity contribution is 0.160. The summed E-state index contributed by atoms with van der Waals surface area (Å²) in [6.07, 6.45) is 7.40. The molecule has 126 valence electrons. The van der Waals surface area contributed by atoms with Crippen LogP contribution in [0.25, 0.3) is 11.5 Å². The van der Waals surface area contributed by atoms with Crippen LogP contribution in [-0.4, -0.2) is 37.7 Å². The second-order valence-electron chi connectivity index (χ2n) is 6.43. The van der Waals surface area contributed by atoms with Crippen molar-refractivity contribution in [1.29, 1.82) is 0 Å². The third-order valence-electron chi connectivity index (χ3n) is 4.60. The molecule has 0 bridgehead atoms. The van der Waals surface area contributed by atoms with Crippen LogP contribution in [0.3, 0.4) is 0 Å². The summed E-state index contributed by atoms with van der Waals surface area (Å²) in [6.45, 7) is 2.92. The maximum Gasteiger partial charge on any atom is 0.258 e. The van der Waals surface area contributed by atoms with Crippen molar-refractivity contribution in [3.8, 4) is 11.5 Å². The van der Waals surface area contributed by atoms with Crippen LogP contribution in [-0.2, 0) is 20.0 Å². The standard InChI is InChI=1S/C17H21N5OS/c1-21-7-5-18-16(21)9-13-3-2-6-22(10-13)11-15-19-17(23-20-15)14-4-8-24-12-14/h4-5,7-8,12-13H,2-3,6,9-11H2,1H3. The zero-order valence-electron chi connectivity index (χ0n) is 13.8. The predicted molar refractivity (Wildman–Crippen MR) is 92.5 cm³/mol. The number of thiophene rings is 1. The minimum atomic E-state index is 0.618. The Kier molecular flexibility index (Phi) is 4.44. The molecule has 4 rings (SSSR count). The van der Waals surface area contributed by atoms with Crippen LogP contribution in [0.2, 0.25) is 0 Å². The Labute approximate surface area is 145 Å². The molecule has 0 radical (unpaired) electrons. The summed E-state index contributed by atoms with van der Waals surface area (Å²) in [7, 11) is 2.06. The second-order valence-corrected chi connectivity index (χ2v) is 7.21. The Hall–Kier alpha value is -1.99. The van der Waals surface area contributed by atoms with Crippen molar-refractivity contribution in [2.24, 2.45) is 13.0 Å². The average molecular weight is 343 g/mol. The van der Waals surface area contributed by atoms with Gasteiger partial charge in [0.05, 0.1) is 12.1 Å². The molecular weight excluding hydrogens is 322 g/mol. The maximum atomic E-state index is 5.38. The lowest BCUT2D eigenvalue weighted by atomic mass is 9.94. The van der Waals surface area contributed by atoms with Crippen molar-refractivity contribution in [1.82, 2.24) is 24.6 Å². The lowest BCUT2D eigenvalue weighted by Crippen LogP contribution is -2.36. The van der Waals surface area contributed by atoms with Crippen molar-refractivity contribution in [3.63, 3.8) is 0 Å². The number of rotatable bonds is 5. The topological polar surface area (TPSA) is 60.0 Å². The number of likely N-dealkylation sites (tertiary alicyclic amines) is 1. The van der Waals surface area contributed by atoms with Gasteiger partial charge in [0.15, 0.2) is 5.82 Å². The number of hydrogen-bond donors (Lipinski definition) is 0. The lowest BCUT2D eigenvalue weighted by Gasteiger charge is -2.31. The average Bonchev–Trinajstić information content (AvgIpc) is 3.31. The van der Waals surface area contributed by atoms with Gasteiger partial charge in [0.1, 0.15) is 5.82 Å². The number of hydrogen-bond acceptors (Lipinski definition) is 6. The van der Waals surface area contributed by atoms with Crippen LogP contribution in [0.15, 0.2) is 33.7 Å². The molecule has 0 saturated carbocycles. The summed E-state index contributed by atoms with van der Waals surface area (Å²) in [5, 5.41) is 8.19. The Morgan fingerprint density at radius 2 is 2.38 bits per heavy atom. The number of imidazole rings is 1. The number of nitrogens with zero attached hydrogens (tertiary/aromatic N) is 5. The van der Waals surface area contributed by atoms with E-state index in [9.17, 15) is 0 Å². The zero-order chi connectivity index (χ0) is 16.4. The van der Waals surface area contributed by atoms with Gasteiger partial charge in [-0.05, 0) is 36.8 Å². The predicted octanol–water partition coefficient (Wildman–Crippen LogP) is 2.99. The van der Waals surface area contributed by atoms with Gasteiger partial charge in [-0.15, -0.1) is 0 Å². The summed E-state index contributed by atoms with van der Waals surface area (Å²) in [5.74, 6) is 3.20. The first-order valence-electron chi connectivity index (χ1n) is 8.31. The van der Waals surface area contributed by atoms with Crippen LogP contribution >= 0.6 is 11.3 Å². The van der Waals surface area contributed by atoms with Crippen molar-refractivity contribution >= 4 is 11.3 Å². The fourth-order valence-electron chi connectivity index (χ4n) is 3.33. The van der Waals surface area contributed by atoms with Crippen molar-refractivity contribution in [2.45, 2.75) is 25.8 Å². The Balaban J connectivity index is 1.37. The van der Waals surface area contributed by atoms with Crippen molar-refractivity contribution < 1.29 is 4.52 Å². The van der Waals surface area contributed by atoms with E-state index in [0.29, 0.717) is 11.8 Å². The molecule has 0 aliphatic carbocycles. The molecule has 3 aromatic rings. The fraction of sp³-hybridized carbons (Fsp3) is 0.471. The summed E-state index contributed by atoms with van der Waals surface area (Å²) in [4.78, 5) is 11.4. The molecule has 7 heteroatoms. The summed E-state index contributed by atoms with van der Waals surface area (Å²) in [6, 6.07) is 2.01. The van der Waals surface area contributed by atoms with Gasteiger partial charge in [0, 0.05) is 37.8 Å². The highest BCUT2D eigenvalue weighted by atomic mass is 32.1. The highest BCUT2D eigenvalue weighted by Crippen LogP contribution is 2.23. The molecule has 6 nitrogen and oxygen atoms in total. The van der Waals surface area contributed by atoms with Gasteiger partial charge in [0.25, 0.3) is 5.89 Å². The maximum absolute atomic E-state index is 5.38. The SMILES string of the molecule is Cn1ccnc1CC1CCCN(Cc2noc(-c3ccsc3)n2)C1. The molecule has 1 atom stereocenters. The van der Waals surface area contributed by atoms with Gasteiger partial charge in [0.2, 0.25) is 0 Å². The second kappa shape index (κ2) is 6.86. The molecule has 1 fully saturated rings. The molecule has 1 saturated heterocycles. The number of aryl methyl sites for hydroxylation is 1. The van der Waals surface area contributed by atoms with E-state index >= 15 is 0 Å². The molecule has 0 aromatic carbocycles. The van der Waals surface area contributed by atoms with E-state index in [1.165, 1.54) is 18.7 Å². The van der Waals surface area contributed by atoms with Gasteiger partial charge in [-0.25, -0.2) is 4.98 Å². The van der Waals surface area contributed by atoms with Gasteiger partial charge in [-0.1, -0.05) is 5.16 Å². The van der Waals surface area contributed by atoms with E-state index in [1.54, 1.807) is 11.3 Å². The Bertz CT molecular complexity index is 779. The van der Waals surface area contributed by atoms with Crippen LogP contribution in [0.5, 0.6) is 0 Å². The zero-order valence-corrected chi connectivity index (χ0v) is 14.6. The third kappa shape index (κ3) is 3.42. The quantitative estimate of drug-likeness (QED) is 0.713. The molecule has 0 amide bonds. The van der Waals surface area contributed by atoms with E-state index in [4.69, 9.17) is 4.52 Å². The molecule has 1 aliphatic rings. The molecule has 24 heavy (non-hydrogen) atoms. The van der Waals surface area contributed by atoms with Crippen LogP contribution < -0.4 is 0 Å². The first kappa shape index (κ1) is 15.5. The number of piperidine rings is 1. The molecule has 1 unspecified atom stereocenters. The van der Waals surface area contributed by atoms with E-state index in [-0.39, 0.29) is 0 Å².